The van der Waals surface area contributed by atoms with E-state index in [0.717, 1.165) is 6.42 Å². The summed E-state index contributed by atoms with van der Waals surface area (Å²) in [6.07, 6.45) is 19.2. The quantitative estimate of drug-likeness (QED) is 0.263. The largest absolute Gasteiger partial charge is 0.397 e. The molecule has 0 aromatic carbocycles. The Kier molecular flexibility index (Phi) is 13.9. The number of aliphatic hydroxyl groups is 1. The van der Waals surface area contributed by atoms with Gasteiger partial charge in [0.2, 0.25) is 0 Å². The summed E-state index contributed by atoms with van der Waals surface area (Å²) in [5.41, 5.74) is 0.00482. The van der Waals surface area contributed by atoms with Crippen LogP contribution in [-0.2, 0) is 0 Å². The van der Waals surface area contributed by atoms with Crippen molar-refractivity contribution in [1.29, 1.82) is 0 Å². The lowest BCUT2D eigenvalue weighted by atomic mass is 10.0. The lowest BCUT2D eigenvalue weighted by Gasteiger charge is -2.23. The highest BCUT2D eigenvalue weighted by Gasteiger charge is 2.23. The van der Waals surface area contributed by atoms with Gasteiger partial charge in [-0.05, 0) is 6.42 Å². The minimum absolute atomic E-state index is 0.00482. The standard InChI is InChI=1S/C19H42OSi/c1-5-6-7-8-9-10-11-12-13-14-15-16-17-18-19(20)21(2,3)4/h19-20H,5-18H2,1-4H3. The van der Waals surface area contributed by atoms with Crippen LogP contribution in [-0.4, -0.2) is 18.9 Å². The Morgan fingerprint density at radius 3 is 1.29 bits per heavy atom. The normalized spacial score (nSPS) is 13.6. The van der Waals surface area contributed by atoms with Crippen LogP contribution in [0, 0.1) is 0 Å². The van der Waals surface area contributed by atoms with Crippen LogP contribution in [0.3, 0.4) is 0 Å². The van der Waals surface area contributed by atoms with E-state index >= 15 is 0 Å². The molecule has 0 spiro atoms. The monoisotopic (exact) mass is 314 g/mol. The van der Waals surface area contributed by atoms with Gasteiger partial charge in [0.1, 0.15) is 0 Å². The van der Waals surface area contributed by atoms with Gasteiger partial charge in [-0.15, -0.1) is 0 Å². The predicted molar refractivity (Wildman–Crippen MR) is 99.7 cm³/mol. The molecule has 0 aliphatic heterocycles. The molecule has 0 aliphatic carbocycles. The van der Waals surface area contributed by atoms with Crippen LogP contribution in [0.5, 0.6) is 0 Å². The zero-order chi connectivity index (χ0) is 16.0. The molecule has 0 aliphatic rings. The van der Waals surface area contributed by atoms with Crippen molar-refractivity contribution in [2.24, 2.45) is 0 Å². The maximum Gasteiger partial charge on any atom is 0.0781 e. The summed E-state index contributed by atoms with van der Waals surface area (Å²) in [6, 6.07) is 0. The first-order valence-electron chi connectivity index (χ1n) is 9.66. The molecule has 0 rings (SSSR count). The van der Waals surface area contributed by atoms with Crippen LogP contribution in [0.1, 0.15) is 96.8 Å². The van der Waals surface area contributed by atoms with Gasteiger partial charge in [0.25, 0.3) is 0 Å². The van der Waals surface area contributed by atoms with Crippen LogP contribution < -0.4 is 0 Å². The van der Waals surface area contributed by atoms with E-state index in [1.807, 2.05) is 0 Å². The minimum atomic E-state index is -1.31. The van der Waals surface area contributed by atoms with E-state index < -0.39 is 8.07 Å². The summed E-state index contributed by atoms with van der Waals surface area (Å²) in [4.78, 5) is 0. The Morgan fingerprint density at radius 2 is 0.952 bits per heavy atom. The molecular weight excluding hydrogens is 272 g/mol. The fourth-order valence-corrected chi connectivity index (χ4v) is 3.86. The molecular formula is C19H42OSi. The molecule has 0 saturated carbocycles. The second-order valence-corrected chi connectivity index (χ2v) is 13.3. The first-order valence-corrected chi connectivity index (χ1v) is 13.2. The molecule has 2 heteroatoms. The van der Waals surface area contributed by atoms with E-state index in [0.29, 0.717) is 0 Å². The van der Waals surface area contributed by atoms with Crippen LogP contribution in [0.25, 0.3) is 0 Å². The third kappa shape index (κ3) is 14.9. The Labute approximate surface area is 135 Å². The van der Waals surface area contributed by atoms with Gasteiger partial charge in [-0.2, -0.15) is 0 Å². The smallest absolute Gasteiger partial charge is 0.0781 e. The van der Waals surface area contributed by atoms with Crippen LogP contribution >= 0.6 is 0 Å². The predicted octanol–water partition coefficient (Wildman–Crippen LogP) is 6.71. The molecule has 0 fully saturated rings. The maximum absolute atomic E-state index is 10.0. The van der Waals surface area contributed by atoms with Crippen LogP contribution in [0.15, 0.2) is 0 Å². The van der Waals surface area contributed by atoms with Gasteiger partial charge < -0.3 is 5.11 Å². The van der Waals surface area contributed by atoms with Crippen molar-refractivity contribution in [1.82, 2.24) is 0 Å². The Bertz CT molecular complexity index is 210. The molecule has 128 valence electrons. The highest BCUT2D eigenvalue weighted by Crippen LogP contribution is 2.16. The first-order chi connectivity index (χ1) is 9.98. The number of hydrogen-bond acceptors (Lipinski definition) is 1. The maximum atomic E-state index is 10.0. The molecule has 0 amide bonds. The molecule has 0 heterocycles. The van der Waals surface area contributed by atoms with E-state index in [-0.39, 0.29) is 5.73 Å². The number of rotatable bonds is 15. The van der Waals surface area contributed by atoms with Crippen LogP contribution in [0.2, 0.25) is 19.6 Å². The first kappa shape index (κ1) is 21.2. The zero-order valence-electron chi connectivity index (χ0n) is 15.4. The molecule has 21 heavy (non-hydrogen) atoms. The van der Waals surface area contributed by atoms with Crippen molar-refractivity contribution in [2.75, 3.05) is 0 Å². The second-order valence-electron chi connectivity index (χ2n) is 7.91. The molecule has 1 unspecified atom stereocenters. The number of aliphatic hydroxyl groups excluding tert-OH is 1. The molecule has 1 atom stereocenters. The molecule has 1 nitrogen and oxygen atoms in total. The van der Waals surface area contributed by atoms with E-state index in [4.69, 9.17) is 0 Å². The van der Waals surface area contributed by atoms with Crippen LogP contribution in [0.4, 0.5) is 0 Å². The third-order valence-electron chi connectivity index (χ3n) is 4.58. The summed E-state index contributed by atoms with van der Waals surface area (Å²) in [6.45, 7) is 9.07. The van der Waals surface area contributed by atoms with E-state index in [2.05, 4.69) is 26.6 Å². The molecule has 1 N–H and O–H groups in total. The summed E-state index contributed by atoms with van der Waals surface area (Å²) in [5, 5.41) is 10.0. The molecule has 0 bridgehead atoms. The van der Waals surface area contributed by atoms with Crippen molar-refractivity contribution >= 4 is 8.07 Å². The van der Waals surface area contributed by atoms with Gasteiger partial charge in [-0.25, -0.2) is 0 Å². The molecule has 0 saturated heterocycles. The average molecular weight is 315 g/mol. The van der Waals surface area contributed by atoms with Gasteiger partial charge in [-0.1, -0.05) is 110 Å². The van der Waals surface area contributed by atoms with Crippen molar-refractivity contribution in [3.8, 4) is 0 Å². The van der Waals surface area contributed by atoms with Crippen molar-refractivity contribution in [3.63, 3.8) is 0 Å². The van der Waals surface area contributed by atoms with Crippen molar-refractivity contribution in [2.45, 2.75) is 122 Å². The molecule has 0 aromatic heterocycles. The molecule has 0 aromatic rings. The summed E-state index contributed by atoms with van der Waals surface area (Å²) in [7, 11) is -1.31. The SMILES string of the molecule is CCCCCCCCCCCCCCCC(O)[Si](C)(C)C. The summed E-state index contributed by atoms with van der Waals surface area (Å²) < 4.78 is 0. The third-order valence-corrected chi connectivity index (χ3v) is 6.87. The number of unbranched alkanes of at least 4 members (excludes halogenated alkanes) is 12. The van der Waals surface area contributed by atoms with Crippen molar-refractivity contribution in [3.05, 3.63) is 0 Å². The topological polar surface area (TPSA) is 20.2 Å². The van der Waals surface area contributed by atoms with Gasteiger partial charge in [0, 0.05) is 5.73 Å². The summed E-state index contributed by atoms with van der Waals surface area (Å²) >= 11 is 0. The van der Waals surface area contributed by atoms with Gasteiger partial charge >= 0.3 is 0 Å². The molecule has 0 radical (unpaired) electrons. The Morgan fingerprint density at radius 1 is 0.619 bits per heavy atom. The highest BCUT2D eigenvalue weighted by atomic mass is 28.3. The minimum Gasteiger partial charge on any atom is -0.397 e. The van der Waals surface area contributed by atoms with Gasteiger partial charge in [0.05, 0.1) is 8.07 Å². The lowest BCUT2D eigenvalue weighted by molar-refractivity contribution is 0.228. The average Bonchev–Trinajstić information content (AvgIpc) is 2.42. The number of hydrogen-bond donors (Lipinski definition) is 1. The fourth-order valence-electron chi connectivity index (χ4n) is 2.79. The fraction of sp³-hybridized carbons (Fsp3) is 1.00. The summed E-state index contributed by atoms with van der Waals surface area (Å²) in [5.74, 6) is 0. The van der Waals surface area contributed by atoms with E-state index in [1.54, 1.807) is 0 Å². The van der Waals surface area contributed by atoms with Crippen molar-refractivity contribution < 1.29 is 5.11 Å². The van der Waals surface area contributed by atoms with E-state index in [1.165, 1.54) is 83.5 Å². The van der Waals surface area contributed by atoms with E-state index in [9.17, 15) is 5.11 Å². The highest BCUT2D eigenvalue weighted by molar-refractivity contribution is 6.77. The second kappa shape index (κ2) is 13.8. The van der Waals surface area contributed by atoms with Gasteiger partial charge in [0.15, 0.2) is 0 Å². The Hall–Kier alpha value is 0.177. The zero-order valence-corrected chi connectivity index (χ0v) is 16.4. The lowest BCUT2D eigenvalue weighted by Crippen LogP contribution is -2.37. The Balaban J connectivity index is 3.13. The van der Waals surface area contributed by atoms with Gasteiger partial charge in [-0.3, -0.25) is 0 Å².